The molecule has 12 heteroatoms. The van der Waals surface area contributed by atoms with Gasteiger partial charge in [-0.1, -0.05) is 49.6 Å². The number of hydrogen-bond acceptors (Lipinski definition) is 5. The molecule has 1 aliphatic carbocycles. The van der Waals surface area contributed by atoms with Crippen LogP contribution in [0, 0.1) is 17.8 Å². The van der Waals surface area contributed by atoms with Crippen molar-refractivity contribution in [2.45, 2.75) is 70.8 Å². The maximum Gasteiger partial charge on any atom is 0.416 e. The van der Waals surface area contributed by atoms with Crippen LogP contribution < -0.4 is 4.90 Å². The molecule has 1 heterocycles. The van der Waals surface area contributed by atoms with E-state index in [1.165, 1.54) is 0 Å². The predicted molar refractivity (Wildman–Crippen MR) is 155 cm³/mol. The van der Waals surface area contributed by atoms with Crippen molar-refractivity contribution in [1.82, 2.24) is 0 Å². The highest BCUT2D eigenvalue weighted by Gasteiger charge is 2.55. The van der Waals surface area contributed by atoms with Crippen LogP contribution in [0.1, 0.15) is 69.1 Å². The topological polar surface area (TPSA) is 98.1 Å². The summed E-state index contributed by atoms with van der Waals surface area (Å²) in [5, 5.41) is 31.4. The number of carbonyl (C=O) groups excluding carboxylic acids is 2. The smallest absolute Gasteiger partial charge is 0.416 e. The lowest BCUT2D eigenvalue weighted by atomic mass is 9.67. The van der Waals surface area contributed by atoms with Gasteiger partial charge in [0, 0.05) is 5.92 Å². The van der Waals surface area contributed by atoms with Gasteiger partial charge in [-0.05, 0) is 73.6 Å². The number of hydrogen-bond donors (Lipinski definition) is 3. The number of aliphatic hydroxyl groups excluding tert-OH is 2. The number of phenols is 1. The largest absolute Gasteiger partial charge is 0.508 e. The third-order valence-corrected chi connectivity index (χ3v) is 8.57. The summed E-state index contributed by atoms with van der Waals surface area (Å²) in [6.07, 6.45) is -7.00. The summed E-state index contributed by atoms with van der Waals surface area (Å²) in [5.41, 5.74) is -1.30. The van der Waals surface area contributed by atoms with Gasteiger partial charge in [0.25, 0.3) is 0 Å². The number of amides is 2. The van der Waals surface area contributed by atoms with Crippen LogP contribution in [-0.4, -0.2) is 39.8 Å². The zero-order chi connectivity index (χ0) is 33.3. The molecular formula is C33H35F6NO5. The number of halogens is 6. The van der Waals surface area contributed by atoms with Gasteiger partial charge in [-0.25, -0.2) is 4.90 Å². The second-order valence-corrected chi connectivity index (χ2v) is 11.5. The van der Waals surface area contributed by atoms with E-state index >= 15 is 0 Å². The van der Waals surface area contributed by atoms with Crippen molar-refractivity contribution in [3.63, 3.8) is 0 Å². The molecule has 0 bridgehead atoms. The first-order valence-corrected chi connectivity index (χ1v) is 14.8. The minimum Gasteiger partial charge on any atom is -0.508 e. The van der Waals surface area contributed by atoms with Crippen LogP contribution in [0.3, 0.4) is 0 Å². The minimum absolute atomic E-state index is 0.0264. The number of benzene rings is 2. The van der Waals surface area contributed by atoms with Gasteiger partial charge in [-0.2, -0.15) is 26.3 Å². The Hall–Kier alpha value is -3.64. The summed E-state index contributed by atoms with van der Waals surface area (Å²) in [4.78, 5) is 27.6. The number of anilines is 1. The van der Waals surface area contributed by atoms with Crippen LogP contribution in [0.5, 0.6) is 5.75 Å². The van der Waals surface area contributed by atoms with Crippen molar-refractivity contribution in [2.24, 2.45) is 17.8 Å². The molecule has 4 rings (SSSR count). The Labute approximate surface area is 256 Å². The fraction of sp³-hybridized carbons (Fsp3) is 0.455. The molecule has 1 saturated heterocycles. The van der Waals surface area contributed by atoms with Crippen LogP contribution in [0.2, 0.25) is 0 Å². The highest BCUT2D eigenvalue weighted by molar-refractivity contribution is 6.22. The molecule has 0 spiro atoms. The second kappa shape index (κ2) is 13.4. The number of phenolic OH excluding ortho intramolecular Hbond substituents is 1. The van der Waals surface area contributed by atoms with Crippen LogP contribution in [-0.2, 0) is 21.9 Å². The molecule has 244 valence electrons. The number of allylic oxidation sites excluding steroid dienone is 2. The van der Waals surface area contributed by atoms with E-state index in [9.17, 15) is 51.3 Å². The number of aromatic hydroxyl groups is 1. The lowest BCUT2D eigenvalue weighted by Crippen LogP contribution is -2.39. The highest BCUT2D eigenvalue weighted by Crippen LogP contribution is 2.49. The third-order valence-electron chi connectivity index (χ3n) is 8.57. The fourth-order valence-corrected chi connectivity index (χ4v) is 6.49. The monoisotopic (exact) mass is 639 g/mol. The van der Waals surface area contributed by atoms with E-state index in [0.29, 0.717) is 41.0 Å². The maximum atomic E-state index is 13.7. The first-order valence-electron chi connectivity index (χ1n) is 14.8. The van der Waals surface area contributed by atoms with Gasteiger partial charge in [0.2, 0.25) is 11.8 Å². The summed E-state index contributed by atoms with van der Waals surface area (Å²) in [7, 11) is 0. The number of aliphatic hydroxyl groups is 2. The van der Waals surface area contributed by atoms with Crippen molar-refractivity contribution in [3.05, 3.63) is 75.9 Å². The third kappa shape index (κ3) is 7.27. The van der Waals surface area contributed by atoms with Gasteiger partial charge in [-0.3, -0.25) is 9.59 Å². The molecule has 2 aromatic carbocycles. The Bertz CT molecular complexity index is 1450. The lowest BCUT2D eigenvalue weighted by Gasteiger charge is -2.36. The Morgan fingerprint density at radius 3 is 2.07 bits per heavy atom. The molecule has 3 N–H and O–H groups in total. The van der Waals surface area contributed by atoms with Gasteiger partial charge in [0.1, 0.15) is 5.75 Å². The van der Waals surface area contributed by atoms with Crippen LogP contribution in [0.4, 0.5) is 32.0 Å². The molecular weight excluding hydrogens is 604 g/mol. The van der Waals surface area contributed by atoms with Crippen molar-refractivity contribution in [3.8, 4) is 5.75 Å². The van der Waals surface area contributed by atoms with E-state index in [-0.39, 0.29) is 24.7 Å². The molecule has 2 aromatic rings. The van der Waals surface area contributed by atoms with Gasteiger partial charge in [0.15, 0.2) is 0 Å². The molecule has 0 unspecified atom stereocenters. The summed E-state index contributed by atoms with van der Waals surface area (Å²) < 4.78 is 81.3. The van der Waals surface area contributed by atoms with Crippen LogP contribution in [0.25, 0.3) is 6.08 Å². The molecule has 2 aliphatic rings. The van der Waals surface area contributed by atoms with Crippen molar-refractivity contribution in [2.75, 3.05) is 11.5 Å². The van der Waals surface area contributed by atoms with E-state index < -0.39 is 71.4 Å². The first kappa shape index (κ1) is 34.2. The second-order valence-electron chi connectivity index (χ2n) is 11.5. The van der Waals surface area contributed by atoms with Gasteiger partial charge in [0.05, 0.1) is 41.4 Å². The van der Waals surface area contributed by atoms with Crippen LogP contribution in [0.15, 0.2) is 59.2 Å². The number of imide groups is 1. The molecule has 0 saturated carbocycles. The molecule has 0 aromatic heterocycles. The molecule has 0 radical (unpaired) electrons. The average Bonchev–Trinajstić information content (AvgIpc) is 3.23. The summed E-state index contributed by atoms with van der Waals surface area (Å²) in [6, 6.07) is 7.22. The van der Waals surface area contributed by atoms with Gasteiger partial charge < -0.3 is 15.3 Å². The Balaban J connectivity index is 1.65. The van der Waals surface area contributed by atoms with E-state index in [4.69, 9.17) is 0 Å². The Morgan fingerprint density at radius 2 is 1.56 bits per heavy atom. The number of fused-ring (bicyclic) bond motifs is 1. The van der Waals surface area contributed by atoms with Gasteiger partial charge in [-0.15, -0.1) is 0 Å². The quantitative estimate of drug-likeness (QED) is 0.144. The fourth-order valence-electron chi connectivity index (χ4n) is 6.49. The molecule has 45 heavy (non-hydrogen) atoms. The molecule has 1 fully saturated rings. The average molecular weight is 640 g/mol. The molecule has 4 atom stereocenters. The first-order chi connectivity index (χ1) is 21.1. The maximum absolute atomic E-state index is 13.7. The number of carbonyl (C=O) groups is 2. The van der Waals surface area contributed by atoms with Crippen molar-refractivity contribution >= 4 is 23.6 Å². The van der Waals surface area contributed by atoms with Crippen LogP contribution >= 0.6 is 0 Å². The molecule has 1 aliphatic heterocycles. The van der Waals surface area contributed by atoms with E-state index in [1.54, 1.807) is 31.2 Å². The lowest BCUT2D eigenvalue weighted by molar-refractivity contribution is -0.143. The van der Waals surface area contributed by atoms with Gasteiger partial charge >= 0.3 is 12.4 Å². The zero-order valence-corrected chi connectivity index (χ0v) is 24.8. The number of nitrogens with zero attached hydrogens (tertiary/aromatic N) is 1. The summed E-state index contributed by atoms with van der Waals surface area (Å²) >= 11 is 0. The Kier molecular flexibility index (Phi) is 10.2. The predicted octanol–water partition coefficient (Wildman–Crippen LogP) is 7.28. The zero-order valence-electron chi connectivity index (χ0n) is 24.8. The minimum atomic E-state index is -5.18. The van der Waals surface area contributed by atoms with E-state index in [1.807, 2.05) is 13.0 Å². The van der Waals surface area contributed by atoms with E-state index in [2.05, 4.69) is 0 Å². The van der Waals surface area contributed by atoms with E-state index in [0.717, 1.165) is 24.0 Å². The van der Waals surface area contributed by atoms with Crippen molar-refractivity contribution in [1.29, 1.82) is 0 Å². The Morgan fingerprint density at radius 1 is 0.956 bits per heavy atom. The standard InChI is InChI=1S/C33H35F6NO5/c1-3-5-18(12-19-6-9-24(42)10-7-19)8-11-27(43)28-20(4-2)13-25-29(26(28)17-41)31(45)40(30(25)44)23-15-21(32(34,35)36)14-22(16-23)33(37,38)39/h6-7,9-10,12,14-16,25-27,29,41-43H,3-5,8,11,13,17H2,1-2H3/b18-12+/t25-,26+,27-,29-/m1/s1. The number of alkyl halides is 6. The molecule has 6 nitrogen and oxygen atoms in total. The highest BCUT2D eigenvalue weighted by atomic mass is 19.4. The molecule has 2 amide bonds. The summed E-state index contributed by atoms with van der Waals surface area (Å²) in [6.45, 7) is 3.11. The SMILES string of the molecule is CCC/C(=C\c1ccc(O)cc1)CC[C@@H](O)C1=C(CC)C[C@H]2C(=O)N(c3cc(C(F)(F)F)cc(C(F)(F)F)c3)C(=O)[C@H]2[C@H]1CO. The number of rotatable bonds is 10. The summed E-state index contributed by atoms with van der Waals surface area (Å²) in [5.74, 6) is -5.29. The normalized spacial score (nSPS) is 21.9. The van der Waals surface area contributed by atoms with Crippen molar-refractivity contribution < 1.29 is 51.3 Å².